The van der Waals surface area contributed by atoms with Crippen LogP contribution in [0, 0.1) is 13.8 Å². The highest BCUT2D eigenvalue weighted by molar-refractivity contribution is 7.18. The SMILES string of the molecule is Cc1ccccc1CNC(=O)c1sc(NC(=O)c2ccco2)cc1C. The summed E-state index contributed by atoms with van der Waals surface area (Å²) in [7, 11) is 0. The second-order valence-electron chi connectivity index (χ2n) is 5.66. The molecular weight excluding hydrogens is 336 g/mol. The number of benzene rings is 1. The van der Waals surface area contributed by atoms with E-state index in [2.05, 4.69) is 10.6 Å². The Bertz CT molecular complexity index is 897. The first-order valence-electron chi connectivity index (χ1n) is 7.82. The average Bonchev–Trinajstić information content (AvgIpc) is 3.24. The summed E-state index contributed by atoms with van der Waals surface area (Å²) in [6.45, 7) is 4.33. The lowest BCUT2D eigenvalue weighted by atomic mass is 10.1. The minimum Gasteiger partial charge on any atom is -0.459 e. The van der Waals surface area contributed by atoms with Gasteiger partial charge in [0.2, 0.25) is 0 Å². The van der Waals surface area contributed by atoms with Gasteiger partial charge in [0.05, 0.1) is 16.1 Å². The Labute approximate surface area is 149 Å². The smallest absolute Gasteiger partial charge is 0.291 e. The molecule has 2 heterocycles. The van der Waals surface area contributed by atoms with Crippen molar-refractivity contribution in [2.45, 2.75) is 20.4 Å². The summed E-state index contributed by atoms with van der Waals surface area (Å²) in [5, 5.41) is 6.29. The summed E-state index contributed by atoms with van der Waals surface area (Å²) < 4.78 is 5.06. The Morgan fingerprint density at radius 3 is 2.56 bits per heavy atom. The minimum atomic E-state index is -0.335. The maximum absolute atomic E-state index is 12.4. The molecule has 3 rings (SSSR count). The number of amides is 2. The van der Waals surface area contributed by atoms with E-state index in [9.17, 15) is 9.59 Å². The first kappa shape index (κ1) is 17.0. The molecule has 2 amide bonds. The number of thiophene rings is 1. The molecule has 2 N–H and O–H groups in total. The molecule has 0 radical (unpaired) electrons. The van der Waals surface area contributed by atoms with Crippen molar-refractivity contribution in [2.75, 3.05) is 5.32 Å². The van der Waals surface area contributed by atoms with Gasteiger partial charge in [-0.1, -0.05) is 24.3 Å². The molecule has 0 aliphatic rings. The lowest BCUT2D eigenvalue weighted by molar-refractivity contribution is 0.0953. The standard InChI is InChI=1S/C19H18N2O3S/c1-12-6-3-4-7-14(12)11-20-19(23)17-13(2)10-16(25-17)21-18(22)15-8-5-9-24-15/h3-10H,11H2,1-2H3,(H,20,23)(H,21,22). The molecular formula is C19H18N2O3S. The summed E-state index contributed by atoms with van der Waals surface area (Å²) in [5.41, 5.74) is 3.04. The van der Waals surface area contributed by atoms with Crippen LogP contribution in [0.3, 0.4) is 0 Å². The van der Waals surface area contributed by atoms with Crippen LogP contribution in [0.5, 0.6) is 0 Å². The van der Waals surface area contributed by atoms with Gasteiger partial charge in [-0.25, -0.2) is 0 Å². The largest absolute Gasteiger partial charge is 0.459 e. The number of hydrogen-bond acceptors (Lipinski definition) is 4. The van der Waals surface area contributed by atoms with E-state index in [0.29, 0.717) is 16.4 Å². The van der Waals surface area contributed by atoms with Crippen molar-refractivity contribution in [1.82, 2.24) is 5.32 Å². The number of aryl methyl sites for hydroxylation is 2. The van der Waals surface area contributed by atoms with Crippen LogP contribution in [0.25, 0.3) is 0 Å². The van der Waals surface area contributed by atoms with Gasteiger partial charge in [0.1, 0.15) is 0 Å². The Morgan fingerprint density at radius 1 is 1.04 bits per heavy atom. The van der Waals surface area contributed by atoms with E-state index in [4.69, 9.17) is 4.42 Å². The number of carbonyl (C=O) groups is 2. The summed E-state index contributed by atoms with van der Waals surface area (Å²) in [6.07, 6.45) is 1.44. The predicted molar refractivity (Wildman–Crippen MR) is 98.1 cm³/mol. The van der Waals surface area contributed by atoms with Crippen LogP contribution >= 0.6 is 11.3 Å². The van der Waals surface area contributed by atoms with Gasteiger partial charge >= 0.3 is 0 Å². The number of anilines is 1. The van der Waals surface area contributed by atoms with Gasteiger partial charge in [-0.3, -0.25) is 9.59 Å². The van der Waals surface area contributed by atoms with E-state index in [0.717, 1.165) is 16.7 Å². The number of hydrogen-bond donors (Lipinski definition) is 2. The number of rotatable bonds is 5. The number of furan rings is 1. The lowest BCUT2D eigenvalue weighted by Crippen LogP contribution is -2.22. The van der Waals surface area contributed by atoms with Crippen LogP contribution in [0.1, 0.15) is 36.9 Å². The predicted octanol–water partition coefficient (Wildman–Crippen LogP) is 4.14. The quantitative estimate of drug-likeness (QED) is 0.723. The average molecular weight is 354 g/mol. The second-order valence-corrected chi connectivity index (χ2v) is 6.72. The minimum absolute atomic E-state index is 0.149. The Balaban J connectivity index is 1.66. The maximum Gasteiger partial charge on any atom is 0.291 e. The molecule has 128 valence electrons. The molecule has 6 heteroatoms. The Morgan fingerprint density at radius 2 is 1.84 bits per heavy atom. The van der Waals surface area contributed by atoms with Crippen molar-refractivity contribution in [3.8, 4) is 0 Å². The summed E-state index contributed by atoms with van der Waals surface area (Å²) in [4.78, 5) is 25.0. The number of nitrogens with one attached hydrogen (secondary N) is 2. The highest BCUT2D eigenvalue weighted by Crippen LogP contribution is 2.27. The van der Waals surface area contributed by atoms with E-state index >= 15 is 0 Å². The van der Waals surface area contributed by atoms with Gasteiger partial charge in [-0.2, -0.15) is 0 Å². The third-order valence-corrected chi connectivity index (χ3v) is 4.96. The van der Waals surface area contributed by atoms with Crippen molar-refractivity contribution in [3.05, 3.63) is 76.1 Å². The maximum atomic E-state index is 12.4. The van der Waals surface area contributed by atoms with Crippen molar-refractivity contribution in [1.29, 1.82) is 0 Å². The fourth-order valence-electron chi connectivity index (χ4n) is 2.41. The van der Waals surface area contributed by atoms with Crippen molar-refractivity contribution in [2.24, 2.45) is 0 Å². The highest BCUT2D eigenvalue weighted by Gasteiger charge is 2.16. The van der Waals surface area contributed by atoms with E-state index < -0.39 is 0 Å². The van der Waals surface area contributed by atoms with Crippen molar-refractivity contribution in [3.63, 3.8) is 0 Å². The zero-order valence-electron chi connectivity index (χ0n) is 14.0. The molecule has 25 heavy (non-hydrogen) atoms. The molecule has 0 bridgehead atoms. The molecule has 0 aliphatic carbocycles. The molecule has 0 aliphatic heterocycles. The summed E-state index contributed by atoms with van der Waals surface area (Å²) >= 11 is 1.25. The van der Waals surface area contributed by atoms with E-state index in [-0.39, 0.29) is 17.6 Å². The molecule has 3 aromatic rings. The monoisotopic (exact) mass is 354 g/mol. The van der Waals surface area contributed by atoms with E-state index in [1.807, 2.05) is 38.1 Å². The van der Waals surface area contributed by atoms with Crippen LogP contribution in [0.2, 0.25) is 0 Å². The molecule has 1 aromatic carbocycles. The second kappa shape index (κ2) is 7.36. The van der Waals surface area contributed by atoms with Gasteiger partial charge in [0, 0.05) is 6.54 Å². The van der Waals surface area contributed by atoms with Gasteiger partial charge in [-0.15, -0.1) is 11.3 Å². The number of carbonyl (C=O) groups excluding carboxylic acids is 2. The summed E-state index contributed by atoms with van der Waals surface area (Å²) in [5.74, 6) is -0.251. The first-order valence-corrected chi connectivity index (χ1v) is 8.64. The molecule has 0 atom stereocenters. The molecule has 0 saturated heterocycles. The fourth-order valence-corrected chi connectivity index (χ4v) is 3.40. The van der Waals surface area contributed by atoms with Crippen molar-refractivity contribution >= 4 is 28.2 Å². The van der Waals surface area contributed by atoms with Gasteiger partial charge in [0.15, 0.2) is 5.76 Å². The van der Waals surface area contributed by atoms with Crippen LogP contribution in [0.15, 0.2) is 53.1 Å². The fraction of sp³-hybridized carbons (Fsp3) is 0.158. The Hall–Kier alpha value is -2.86. The van der Waals surface area contributed by atoms with Gasteiger partial charge < -0.3 is 15.1 Å². The lowest BCUT2D eigenvalue weighted by Gasteiger charge is -2.07. The zero-order valence-corrected chi connectivity index (χ0v) is 14.8. The van der Waals surface area contributed by atoms with Gasteiger partial charge in [0.25, 0.3) is 11.8 Å². The van der Waals surface area contributed by atoms with Crippen molar-refractivity contribution < 1.29 is 14.0 Å². The molecule has 0 unspecified atom stereocenters. The third-order valence-electron chi connectivity index (χ3n) is 3.81. The first-order chi connectivity index (χ1) is 12.0. The molecule has 0 spiro atoms. The highest BCUT2D eigenvalue weighted by atomic mass is 32.1. The van der Waals surface area contributed by atoms with E-state index in [1.165, 1.54) is 17.6 Å². The van der Waals surface area contributed by atoms with Crippen LogP contribution < -0.4 is 10.6 Å². The molecule has 0 fully saturated rings. The zero-order chi connectivity index (χ0) is 17.8. The van der Waals surface area contributed by atoms with Crippen LogP contribution in [-0.4, -0.2) is 11.8 Å². The van der Waals surface area contributed by atoms with E-state index in [1.54, 1.807) is 18.2 Å². The topological polar surface area (TPSA) is 71.3 Å². The molecule has 2 aromatic heterocycles. The van der Waals surface area contributed by atoms with Crippen LogP contribution in [-0.2, 0) is 6.54 Å². The molecule has 5 nitrogen and oxygen atoms in total. The Kier molecular flexibility index (Phi) is 5.00. The van der Waals surface area contributed by atoms with Crippen LogP contribution in [0.4, 0.5) is 5.00 Å². The third kappa shape index (κ3) is 3.97. The van der Waals surface area contributed by atoms with Gasteiger partial charge in [-0.05, 0) is 48.7 Å². The normalized spacial score (nSPS) is 10.5. The molecule has 0 saturated carbocycles. The summed E-state index contributed by atoms with van der Waals surface area (Å²) in [6, 6.07) is 13.0.